The van der Waals surface area contributed by atoms with Crippen LogP contribution in [-0.4, -0.2) is 39.2 Å². The number of rotatable bonds is 6. The third kappa shape index (κ3) is 4.53. The molecule has 0 bridgehead atoms. The smallest absolute Gasteiger partial charge is 0.217 e. The van der Waals surface area contributed by atoms with Crippen molar-refractivity contribution in [3.05, 3.63) is 23.8 Å². The average molecular weight is 287 g/mol. The van der Waals surface area contributed by atoms with E-state index >= 15 is 0 Å². The fourth-order valence-corrected chi connectivity index (χ4v) is 2.36. The Balaban J connectivity index is 2.95. The molecule has 0 heterocycles. The van der Waals surface area contributed by atoms with Crippen LogP contribution in [0, 0.1) is 0 Å². The van der Waals surface area contributed by atoms with E-state index in [1.165, 1.54) is 20.1 Å². The summed E-state index contributed by atoms with van der Waals surface area (Å²) >= 11 is 0. The molecule has 0 radical (unpaired) electrons. The summed E-state index contributed by atoms with van der Waals surface area (Å²) in [7, 11) is -1.37. The first-order valence-corrected chi connectivity index (χ1v) is 6.85. The molecular formula is C12H17NO5S. The highest BCUT2D eigenvalue weighted by Gasteiger charge is 2.12. The summed E-state index contributed by atoms with van der Waals surface area (Å²) in [5.41, 5.74) is 0.697. The third-order valence-corrected chi connectivity index (χ3v) is 3.29. The van der Waals surface area contributed by atoms with Crippen molar-refractivity contribution in [2.75, 3.05) is 13.7 Å². The minimum absolute atomic E-state index is 0.0921. The number of nitrogens with one attached hydrogen (secondary N) is 1. The minimum atomic E-state index is -2.76. The van der Waals surface area contributed by atoms with Crippen molar-refractivity contribution >= 4 is 16.6 Å². The van der Waals surface area contributed by atoms with Gasteiger partial charge in [-0.15, -0.1) is 0 Å². The lowest BCUT2D eigenvalue weighted by atomic mass is 10.1. The van der Waals surface area contributed by atoms with Crippen molar-refractivity contribution in [1.82, 2.24) is 5.32 Å². The highest BCUT2D eigenvalue weighted by Crippen LogP contribution is 2.21. The predicted octanol–water partition coefficient (Wildman–Crippen LogP) is -0.295. The van der Waals surface area contributed by atoms with Gasteiger partial charge in [0.1, 0.15) is 10.6 Å². The van der Waals surface area contributed by atoms with Gasteiger partial charge < -0.3 is 15.2 Å². The maximum Gasteiger partial charge on any atom is 0.217 e. The monoisotopic (exact) mass is 287 g/mol. The molecule has 0 aromatic heterocycles. The van der Waals surface area contributed by atoms with E-state index in [0.717, 1.165) is 0 Å². The molecule has 0 aliphatic carbocycles. The molecular weight excluding hydrogens is 270 g/mol. The zero-order valence-corrected chi connectivity index (χ0v) is 11.6. The highest BCUT2D eigenvalue weighted by molar-refractivity contribution is 7.72. The molecule has 0 saturated carbocycles. The van der Waals surface area contributed by atoms with Gasteiger partial charge in [0.05, 0.1) is 19.8 Å². The van der Waals surface area contributed by atoms with Crippen molar-refractivity contribution < 1.29 is 23.1 Å². The lowest BCUT2D eigenvalue weighted by Crippen LogP contribution is -2.37. The van der Waals surface area contributed by atoms with E-state index < -0.39 is 16.7 Å². The molecule has 2 N–H and O–H groups in total. The molecule has 0 aliphatic rings. The number of thiol groups is 1. The Hall–Kier alpha value is -1.60. The number of hydrogen-bond donors (Lipinski definition) is 3. The number of aliphatic hydroxyl groups excluding tert-OH is 1. The molecule has 6 nitrogen and oxygen atoms in total. The van der Waals surface area contributed by atoms with Crippen LogP contribution >= 0.6 is 0 Å². The zero-order valence-electron chi connectivity index (χ0n) is 10.8. The van der Waals surface area contributed by atoms with Gasteiger partial charge in [-0.2, -0.15) is 0 Å². The maximum atomic E-state index is 11.1. The molecule has 106 valence electrons. The Morgan fingerprint density at radius 1 is 1.47 bits per heavy atom. The summed E-state index contributed by atoms with van der Waals surface area (Å²) in [6.07, 6.45) is 0.343. The molecule has 1 atom stereocenters. The van der Waals surface area contributed by atoms with Crippen molar-refractivity contribution in [3.8, 4) is 5.75 Å². The first-order chi connectivity index (χ1) is 8.97. The van der Waals surface area contributed by atoms with E-state index in [-0.39, 0.29) is 23.2 Å². The van der Waals surface area contributed by atoms with Gasteiger partial charge in [-0.1, -0.05) is 6.07 Å². The molecule has 1 rings (SSSR count). The number of carbonyl (C=O) groups is 1. The normalized spacial score (nSPS) is 12.2. The quantitative estimate of drug-likeness (QED) is 0.625. The van der Waals surface area contributed by atoms with Gasteiger partial charge >= 0.3 is 0 Å². The summed E-state index contributed by atoms with van der Waals surface area (Å²) < 4.78 is 27.2. The van der Waals surface area contributed by atoms with E-state index in [9.17, 15) is 13.2 Å². The van der Waals surface area contributed by atoms with Gasteiger partial charge in [-0.05, 0) is 24.1 Å². The van der Waals surface area contributed by atoms with E-state index in [1.807, 2.05) is 0 Å². The van der Waals surface area contributed by atoms with Crippen molar-refractivity contribution in [2.45, 2.75) is 24.3 Å². The Labute approximate surface area is 113 Å². The van der Waals surface area contributed by atoms with Gasteiger partial charge in [-0.3, -0.25) is 4.79 Å². The number of carbonyl (C=O) groups excluding carboxylic acids is 1. The second-order valence-electron chi connectivity index (χ2n) is 4.05. The molecule has 0 aliphatic heterocycles. The molecule has 0 saturated heterocycles. The van der Waals surface area contributed by atoms with Crippen LogP contribution in [0.5, 0.6) is 5.75 Å². The summed E-state index contributed by atoms with van der Waals surface area (Å²) in [6, 6.07) is 4.29. The van der Waals surface area contributed by atoms with Crippen LogP contribution in [0.3, 0.4) is 0 Å². The Kier molecular flexibility index (Phi) is 5.78. The van der Waals surface area contributed by atoms with Gasteiger partial charge in [-0.25, -0.2) is 8.42 Å². The number of hydrogen-bond acceptors (Lipinski definition) is 5. The first kappa shape index (κ1) is 15.5. The van der Waals surface area contributed by atoms with Gasteiger partial charge in [0, 0.05) is 6.92 Å². The van der Waals surface area contributed by atoms with E-state index in [0.29, 0.717) is 12.0 Å². The molecule has 1 aromatic rings. The topological polar surface area (TPSA) is 92.7 Å². The molecule has 0 fully saturated rings. The first-order valence-electron chi connectivity index (χ1n) is 5.67. The summed E-state index contributed by atoms with van der Waals surface area (Å²) in [5.74, 6) is 0.0302. The molecule has 1 aromatic carbocycles. The van der Waals surface area contributed by atoms with Gasteiger partial charge in [0.25, 0.3) is 0 Å². The lowest BCUT2D eigenvalue weighted by molar-refractivity contribution is -0.119. The van der Waals surface area contributed by atoms with E-state index in [2.05, 4.69) is 5.32 Å². The Morgan fingerprint density at radius 3 is 2.63 bits per heavy atom. The van der Waals surface area contributed by atoms with E-state index in [1.54, 1.807) is 12.1 Å². The molecule has 0 unspecified atom stereocenters. The second-order valence-corrected chi connectivity index (χ2v) is 5.04. The lowest BCUT2D eigenvalue weighted by Gasteiger charge is -2.15. The number of aliphatic hydroxyl groups is 1. The largest absolute Gasteiger partial charge is 0.495 e. The molecule has 0 spiro atoms. The average Bonchev–Trinajstić information content (AvgIpc) is 2.37. The summed E-state index contributed by atoms with van der Waals surface area (Å²) in [5, 5.41) is 11.7. The second kappa shape index (κ2) is 7.10. The van der Waals surface area contributed by atoms with Crippen LogP contribution in [0.2, 0.25) is 0 Å². The number of ether oxygens (including phenoxy) is 1. The highest BCUT2D eigenvalue weighted by atomic mass is 32.2. The van der Waals surface area contributed by atoms with Crippen LogP contribution in [0.4, 0.5) is 0 Å². The molecule has 1 amide bonds. The van der Waals surface area contributed by atoms with Crippen LogP contribution in [0.25, 0.3) is 0 Å². The summed E-state index contributed by atoms with van der Waals surface area (Å²) in [6.45, 7) is 1.14. The SMILES string of the molecule is COc1ccc(C[C@@H](CO)NC(C)=O)cc1[SH](=O)=O. The standard InChI is InChI=1S/C12H17NO5S/c1-8(15)13-10(7-14)5-9-3-4-11(18-2)12(6-9)19(16)17/h3-4,6,10,14,19H,5,7H2,1-2H3,(H,13,15)/t10-/m0/s1. The van der Waals surface area contributed by atoms with Crippen molar-refractivity contribution in [1.29, 1.82) is 0 Å². The molecule has 19 heavy (non-hydrogen) atoms. The third-order valence-electron chi connectivity index (χ3n) is 2.55. The predicted molar refractivity (Wildman–Crippen MR) is 70.0 cm³/mol. The van der Waals surface area contributed by atoms with E-state index in [4.69, 9.17) is 9.84 Å². The molecule has 7 heteroatoms. The van der Waals surface area contributed by atoms with Crippen molar-refractivity contribution in [3.63, 3.8) is 0 Å². The van der Waals surface area contributed by atoms with Crippen LogP contribution in [-0.2, 0) is 21.9 Å². The number of benzene rings is 1. The number of amides is 1. The minimum Gasteiger partial charge on any atom is -0.495 e. The zero-order chi connectivity index (χ0) is 14.4. The Bertz CT molecular complexity index is 519. The fourth-order valence-electron chi connectivity index (χ4n) is 1.74. The maximum absolute atomic E-state index is 11.1. The summed E-state index contributed by atoms with van der Waals surface area (Å²) in [4.78, 5) is 11.0. The van der Waals surface area contributed by atoms with Crippen LogP contribution in [0.15, 0.2) is 23.1 Å². The van der Waals surface area contributed by atoms with Crippen LogP contribution < -0.4 is 10.1 Å². The van der Waals surface area contributed by atoms with Gasteiger partial charge in [0.2, 0.25) is 5.91 Å². The van der Waals surface area contributed by atoms with Gasteiger partial charge in [0.15, 0.2) is 10.7 Å². The Morgan fingerprint density at radius 2 is 2.16 bits per heavy atom. The van der Waals surface area contributed by atoms with Crippen LogP contribution in [0.1, 0.15) is 12.5 Å². The fraction of sp³-hybridized carbons (Fsp3) is 0.417. The van der Waals surface area contributed by atoms with Crippen molar-refractivity contribution in [2.24, 2.45) is 0 Å². The number of methoxy groups -OCH3 is 1.